The van der Waals surface area contributed by atoms with Crippen molar-refractivity contribution in [2.24, 2.45) is 0 Å². The van der Waals surface area contributed by atoms with Crippen molar-refractivity contribution in [3.8, 4) is 5.75 Å². The van der Waals surface area contributed by atoms with Gasteiger partial charge in [0.1, 0.15) is 5.75 Å². The van der Waals surface area contributed by atoms with Crippen LogP contribution < -0.4 is 10.1 Å². The zero-order valence-corrected chi connectivity index (χ0v) is 15.3. The SMILES string of the molecule is COc1ccc(C=Cc2ccc(C(=O)O)c(NC(=O)c3ccccc3)c2)cc1. The minimum Gasteiger partial charge on any atom is -0.497 e. The van der Waals surface area contributed by atoms with E-state index in [0.717, 1.165) is 16.9 Å². The number of carbonyl (C=O) groups is 2. The molecule has 0 radical (unpaired) electrons. The maximum absolute atomic E-state index is 12.4. The molecular weight excluding hydrogens is 354 g/mol. The highest BCUT2D eigenvalue weighted by atomic mass is 16.5. The molecule has 0 heterocycles. The van der Waals surface area contributed by atoms with E-state index in [1.165, 1.54) is 6.07 Å². The average Bonchev–Trinajstić information content (AvgIpc) is 2.73. The third-order valence-corrected chi connectivity index (χ3v) is 4.14. The lowest BCUT2D eigenvalue weighted by Gasteiger charge is -2.10. The lowest BCUT2D eigenvalue weighted by Crippen LogP contribution is -2.14. The Labute approximate surface area is 162 Å². The second kappa shape index (κ2) is 8.68. The highest BCUT2D eigenvalue weighted by Crippen LogP contribution is 2.21. The molecule has 3 aromatic carbocycles. The fraction of sp³-hybridized carbons (Fsp3) is 0.0435. The van der Waals surface area contributed by atoms with E-state index in [0.29, 0.717) is 5.56 Å². The van der Waals surface area contributed by atoms with Crippen LogP contribution >= 0.6 is 0 Å². The summed E-state index contributed by atoms with van der Waals surface area (Å²) < 4.78 is 5.14. The molecule has 0 saturated heterocycles. The number of nitrogens with one attached hydrogen (secondary N) is 1. The van der Waals surface area contributed by atoms with E-state index in [1.54, 1.807) is 43.5 Å². The smallest absolute Gasteiger partial charge is 0.337 e. The Morgan fingerprint density at radius 3 is 2.18 bits per heavy atom. The summed E-state index contributed by atoms with van der Waals surface area (Å²) in [5, 5.41) is 12.1. The minimum absolute atomic E-state index is 0.0332. The second-order valence-corrected chi connectivity index (χ2v) is 6.04. The molecule has 0 aliphatic carbocycles. The quantitative estimate of drug-likeness (QED) is 0.608. The summed E-state index contributed by atoms with van der Waals surface area (Å²) in [5.74, 6) is -0.692. The summed E-state index contributed by atoms with van der Waals surface area (Å²) in [4.78, 5) is 23.9. The van der Waals surface area contributed by atoms with Gasteiger partial charge in [-0.15, -0.1) is 0 Å². The van der Waals surface area contributed by atoms with Crippen LogP contribution in [-0.4, -0.2) is 24.1 Å². The van der Waals surface area contributed by atoms with Crippen LogP contribution in [0.2, 0.25) is 0 Å². The number of amides is 1. The first-order valence-corrected chi connectivity index (χ1v) is 8.62. The van der Waals surface area contributed by atoms with E-state index in [4.69, 9.17) is 4.74 Å². The molecule has 28 heavy (non-hydrogen) atoms. The number of hydrogen-bond donors (Lipinski definition) is 2. The first-order valence-electron chi connectivity index (χ1n) is 8.62. The third-order valence-electron chi connectivity index (χ3n) is 4.14. The largest absolute Gasteiger partial charge is 0.497 e. The number of carbonyl (C=O) groups excluding carboxylic acids is 1. The lowest BCUT2D eigenvalue weighted by molar-refractivity contribution is 0.0698. The molecule has 0 saturated carbocycles. The predicted molar refractivity (Wildman–Crippen MR) is 110 cm³/mol. The standard InChI is InChI=1S/C23H19NO4/c1-28-19-12-9-16(10-13-19)7-8-17-11-14-20(23(26)27)21(15-17)24-22(25)18-5-3-2-4-6-18/h2-15H,1H3,(H,24,25)(H,26,27). The molecule has 3 rings (SSSR count). The maximum Gasteiger partial charge on any atom is 0.337 e. The van der Waals surface area contributed by atoms with Gasteiger partial charge in [0.15, 0.2) is 0 Å². The number of rotatable bonds is 6. The molecule has 0 bridgehead atoms. The fourth-order valence-corrected chi connectivity index (χ4v) is 2.65. The number of methoxy groups -OCH3 is 1. The van der Waals surface area contributed by atoms with Crippen molar-refractivity contribution in [3.05, 3.63) is 95.1 Å². The molecule has 0 atom stereocenters. The van der Waals surface area contributed by atoms with Crippen LogP contribution in [0.3, 0.4) is 0 Å². The van der Waals surface area contributed by atoms with Gasteiger partial charge in [-0.2, -0.15) is 0 Å². The Morgan fingerprint density at radius 2 is 1.54 bits per heavy atom. The molecule has 0 aromatic heterocycles. The van der Waals surface area contributed by atoms with Crippen LogP contribution in [0, 0.1) is 0 Å². The van der Waals surface area contributed by atoms with Crippen molar-refractivity contribution in [2.45, 2.75) is 0 Å². The molecule has 1 amide bonds. The zero-order chi connectivity index (χ0) is 19.9. The first-order chi connectivity index (χ1) is 13.6. The van der Waals surface area contributed by atoms with E-state index < -0.39 is 5.97 Å². The van der Waals surface area contributed by atoms with Gasteiger partial charge in [-0.3, -0.25) is 4.79 Å². The van der Waals surface area contributed by atoms with Gasteiger partial charge in [-0.25, -0.2) is 4.79 Å². The maximum atomic E-state index is 12.4. The number of carboxylic acids is 1. The normalized spacial score (nSPS) is 10.6. The monoisotopic (exact) mass is 373 g/mol. The third kappa shape index (κ3) is 4.65. The van der Waals surface area contributed by atoms with E-state index in [-0.39, 0.29) is 17.2 Å². The molecule has 140 valence electrons. The Balaban J connectivity index is 1.85. The van der Waals surface area contributed by atoms with Gasteiger partial charge in [0.25, 0.3) is 5.91 Å². The van der Waals surface area contributed by atoms with Crippen LogP contribution in [0.15, 0.2) is 72.8 Å². The summed E-state index contributed by atoms with van der Waals surface area (Å²) in [6.07, 6.45) is 3.75. The topological polar surface area (TPSA) is 75.6 Å². The molecule has 5 heteroatoms. The Hall–Kier alpha value is -3.86. The first kappa shape index (κ1) is 18.9. The van der Waals surface area contributed by atoms with Crippen molar-refractivity contribution in [3.63, 3.8) is 0 Å². The molecule has 0 fully saturated rings. The Bertz CT molecular complexity index is 1010. The summed E-state index contributed by atoms with van der Waals surface area (Å²) in [7, 11) is 1.61. The van der Waals surface area contributed by atoms with Crippen LogP contribution in [-0.2, 0) is 0 Å². The highest BCUT2D eigenvalue weighted by Gasteiger charge is 2.13. The molecule has 3 aromatic rings. The number of benzene rings is 3. The number of ether oxygens (including phenoxy) is 1. The number of aromatic carboxylic acids is 1. The molecule has 2 N–H and O–H groups in total. The zero-order valence-electron chi connectivity index (χ0n) is 15.3. The second-order valence-electron chi connectivity index (χ2n) is 6.04. The van der Waals surface area contributed by atoms with E-state index in [9.17, 15) is 14.7 Å². The number of anilines is 1. The van der Waals surface area contributed by atoms with Gasteiger partial charge in [-0.1, -0.05) is 48.6 Å². The summed E-state index contributed by atoms with van der Waals surface area (Å²) >= 11 is 0. The van der Waals surface area contributed by atoms with Crippen molar-refractivity contribution >= 4 is 29.7 Å². The number of carboxylic acid groups (broad SMARTS) is 1. The van der Waals surface area contributed by atoms with Gasteiger partial charge in [0.2, 0.25) is 0 Å². The summed E-state index contributed by atoms with van der Waals surface area (Å²) in [6, 6.07) is 21.0. The fourth-order valence-electron chi connectivity index (χ4n) is 2.65. The Kier molecular flexibility index (Phi) is 5.87. The van der Waals surface area contributed by atoms with E-state index >= 15 is 0 Å². The van der Waals surface area contributed by atoms with E-state index in [1.807, 2.05) is 42.5 Å². The predicted octanol–water partition coefficient (Wildman–Crippen LogP) is 4.82. The van der Waals surface area contributed by atoms with Gasteiger partial charge in [0, 0.05) is 5.56 Å². The Morgan fingerprint density at radius 1 is 0.893 bits per heavy atom. The highest BCUT2D eigenvalue weighted by molar-refractivity contribution is 6.08. The van der Waals surface area contributed by atoms with Crippen molar-refractivity contribution < 1.29 is 19.4 Å². The van der Waals surface area contributed by atoms with Crippen molar-refractivity contribution in [1.29, 1.82) is 0 Å². The molecule has 5 nitrogen and oxygen atoms in total. The average molecular weight is 373 g/mol. The van der Waals surface area contributed by atoms with Gasteiger partial charge in [0.05, 0.1) is 18.4 Å². The molecule has 0 unspecified atom stereocenters. The van der Waals surface area contributed by atoms with Gasteiger partial charge in [-0.05, 0) is 47.5 Å². The molecule has 0 spiro atoms. The lowest BCUT2D eigenvalue weighted by atomic mass is 10.1. The van der Waals surface area contributed by atoms with Crippen LogP contribution in [0.5, 0.6) is 5.75 Å². The number of hydrogen-bond acceptors (Lipinski definition) is 3. The van der Waals surface area contributed by atoms with Crippen LogP contribution in [0.1, 0.15) is 31.8 Å². The van der Waals surface area contributed by atoms with Crippen molar-refractivity contribution in [2.75, 3.05) is 12.4 Å². The van der Waals surface area contributed by atoms with Gasteiger partial charge < -0.3 is 15.2 Å². The van der Waals surface area contributed by atoms with E-state index in [2.05, 4.69) is 5.32 Å². The summed E-state index contributed by atoms with van der Waals surface area (Å²) in [5.41, 5.74) is 2.48. The molecular formula is C23H19NO4. The van der Waals surface area contributed by atoms with Gasteiger partial charge >= 0.3 is 5.97 Å². The molecule has 0 aliphatic rings. The van der Waals surface area contributed by atoms with Crippen LogP contribution in [0.4, 0.5) is 5.69 Å². The van der Waals surface area contributed by atoms with Crippen molar-refractivity contribution in [1.82, 2.24) is 0 Å². The minimum atomic E-state index is -1.10. The molecule has 0 aliphatic heterocycles. The van der Waals surface area contributed by atoms with Crippen LogP contribution in [0.25, 0.3) is 12.2 Å². The summed E-state index contributed by atoms with van der Waals surface area (Å²) in [6.45, 7) is 0.